The molecule has 0 fully saturated rings. The summed E-state index contributed by atoms with van der Waals surface area (Å²) in [6.07, 6.45) is -0.0121. The fourth-order valence-electron chi connectivity index (χ4n) is 2.47. The average Bonchev–Trinajstić information content (AvgIpc) is 2.56. The van der Waals surface area contributed by atoms with Crippen molar-refractivity contribution in [3.63, 3.8) is 0 Å². The van der Waals surface area contributed by atoms with E-state index in [0.29, 0.717) is 16.8 Å². The topological polar surface area (TPSA) is 72.5 Å². The first kappa shape index (κ1) is 21.4. The summed E-state index contributed by atoms with van der Waals surface area (Å²) in [5.41, 5.74) is 1.92. The maximum absolute atomic E-state index is 12.4. The minimum atomic E-state index is -3.95. The molecule has 0 spiro atoms. The zero-order valence-electron chi connectivity index (χ0n) is 15.9. The van der Waals surface area contributed by atoms with E-state index in [9.17, 15) is 13.2 Å². The number of sulfonamides is 1. The number of amides is 1. The molecule has 1 amide bonds. The summed E-state index contributed by atoms with van der Waals surface area (Å²) < 4.78 is 32.9. The van der Waals surface area contributed by atoms with E-state index in [0.717, 1.165) is 11.1 Å². The summed E-state index contributed by atoms with van der Waals surface area (Å²) in [6.45, 7) is 8.63. The number of carbonyl (C=O) groups excluding carboxylic acids is 1. The molecule has 5 nitrogen and oxygen atoms in total. The zero-order valence-corrected chi connectivity index (χ0v) is 18.3. The van der Waals surface area contributed by atoms with Crippen LogP contribution in [-0.2, 0) is 26.7 Å². The summed E-state index contributed by atoms with van der Waals surface area (Å²) in [5.74, 6) is -0.0368. The molecule has 146 valence electrons. The van der Waals surface area contributed by atoms with Crippen LogP contribution in [0.15, 0.2) is 51.8 Å². The molecule has 7 heteroatoms. The lowest BCUT2D eigenvalue weighted by atomic mass is 9.86. The molecular weight excluding hydrogens is 430 g/mol. The van der Waals surface area contributed by atoms with Gasteiger partial charge in [0, 0.05) is 0 Å². The molecule has 0 aliphatic rings. The summed E-state index contributed by atoms with van der Waals surface area (Å²) in [6, 6.07) is 12.0. The molecule has 0 aromatic heterocycles. The van der Waals surface area contributed by atoms with Crippen LogP contribution in [-0.4, -0.2) is 20.9 Å². The normalized spacial score (nSPS) is 11.9. The van der Waals surface area contributed by atoms with Crippen LogP contribution in [0.2, 0.25) is 0 Å². The Morgan fingerprint density at radius 3 is 2.26 bits per heavy atom. The number of benzene rings is 2. The van der Waals surface area contributed by atoms with Crippen molar-refractivity contribution < 1.29 is 17.9 Å². The van der Waals surface area contributed by atoms with Gasteiger partial charge in [-0.15, -0.1) is 0 Å². The van der Waals surface area contributed by atoms with E-state index < -0.39 is 15.9 Å². The Labute approximate surface area is 169 Å². The molecule has 0 aliphatic carbocycles. The average molecular weight is 454 g/mol. The molecule has 27 heavy (non-hydrogen) atoms. The molecule has 0 heterocycles. The molecule has 0 aliphatic heterocycles. The van der Waals surface area contributed by atoms with Crippen molar-refractivity contribution >= 4 is 31.9 Å². The highest BCUT2D eigenvalue weighted by Crippen LogP contribution is 2.28. The van der Waals surface area contributed by atoms with Crippen molar-refractivity contribution in [1.29, 1.82) is 0 Å². The van der Waals surface area contributed by atoms with E-state index in [2.05, 4.69) is 41.4 Å². The quantitative estimate of drug-likeness (QED) is 0.711. The SMILES string of the molecule is CCOc1ccc(S(=O)(=O)NC(=O)Cc2ccc(C(C)(C)C)cc2)cc1Br. The third kappa shape index (κ3) is 5.81. The maximum atomic E-state index is 12.4. The van der Waals surface area contributed by atoms with Crippen molar-refractivity contribution in [2.24, 2.45) is 0 Å². The molecule has 1 N–H and O–H groups in total. The molecule has 2 aromatic rings. The van der Waals surface area contributed by atoms with E-state index in [1.807, 2.05) is 31.2 Å². The lowest BCUT2D eigenvalue weighted by Gasteiger charge is -2.19. The Balaban J connectivity index is 2.09. The van der Waals surface area contributed by atoms with Gasteiger partial charge in [-0.1, -0.05) is 45.0 Å². The van der Waals surface area contributed by atoms with E-state index in [1.54, 1.807) is 6.07 Å². The first-order valence-electron chi connectivity index (χ1n) is 8.60. The van der Waals surface area contributed by atoms with Crippen LogP contribution < -0.4 is 9.46 Å². The van der Waals surface area contributed by atoms with Crippen LogP contribution in [0.1, 0.15) is 38.8 Å². The lowest BCUT2D eigenvalue weighted by molar-refractivity contribution is -0.118. The van der Waals surface area contributed by atoms with Crippen molar-refractivity contribution in [2.75, 3.05) is 6.61 Å². The van der Waals surface area contributed by atoms with Gasteiger partial charge in [0.05, 0.1) is 22.4 Å². The molecule has 2 aromatic carbocycles. The van der Waals surface area contributed by atoms with Crippen molar-refractivity contribution in [2.45, 2.75) is 44.4 Å². The number of carbonyl (C=O) groups is 1. The molecule has 2 rings (SSSR count). The number of ether oxygens (including phenoxy) is 1. The van der Waals surface area contributed by atoms with E-state index in [-0.39, 0.29) is 16.7 Å². The van der Waals surface area contributed by atoms with Gasteiger partial charge in [0.2, 0.25) is 5.91 Å². The highest BCUT2D eigenvalue weighted by atomic mass is 79.9. The Hall–Kier alpha value is -1.86. The van der Waals surface area contributed by atoms with Crippen LogP contribution in [0, 0.1) is 0 Å². The fourth-order valence-corrected chi connectivity index (χ4v) is 4.13. The van der Waals surface area contributed by atoms with Gasteiger partial charge >= 0.3 is 0 Å². The first-order valence-corrected chi connectivity index (χ1v) is 10.9. The van der Waals surface area contributed by atoms with Crippen molar-refractivity contribution in [3.05, 3.63) is 58.1 Å². The van der Waals surface area contributed by atoms with Gasteiger partial charge < -0.3 is 4.74 Å². The highest BCUT2D eigenvalue weighted by Gasteiger charge is 2.20. The van der Waals surface area contributed by atoms with Crippen LogP contribution >= 0.6 is 15.9 Å². The van der Waals surface area contributed by atoms with Gasteiger partial charge in [0.15, 0.2) is 0 Å². The van der Waals surface area contributed by atoms with Crippen LogP contribution in [0.3, 0.4) is 0 Å². The van der Waals surface area contributed by atoms with Crippen LogP contribution in [0.25, 0.3) is 0 Å². The Kier molecular flexibility index (Phi) is 6.70. The Morgan fingerprint density at radius 2 is 1.74 bits per heavy atom. The Morgan fingerprint density at radius 1 is 1.11 bits per heavy atom. The zero-order chi connectivity index (χ0) is 20.2. The third-order valence-corrected chi connectivity index (χ3v) is 5.94. The van der Waals surface area contributed by atoms with Gasteiger partial charge in [-0.3, -0.25) is 4.79 Å². The standard InChI is InChI=1S/C20H24BrNO4S/c1-5-26-18-11-10-16(13-17(18)21)27(24,25)22-19(23)12-14-6-8-15(9-7-14)20(2,3)4/h6-11,13H,5,12H2,1-4H3,(H,22,23). The number of hydrogen-bond donors (Lipinski definition) is 1. The van der Waals surface area contributed by atoms with Crippen LogP contribution in [0.4, 0.5) is 0 Å². The second-order valence-corrected chi connectivity index (χ2v) is 9.71. The predicted octanol–water partition coefficient (Wildman–Crippen LogP) is 4.19. The summed E-state index contributed by atoms with van der Waals surface area (Å²) in [7, 11) is -3.95. The van der Waals surface area contributed by atoms with Crippen molar-refractivity contribution in [1.82, 2.24) is 4.72 Å². The lowest BCUT2D eigenvalue weighted by Crippen LogP contribution is -2.31. The summed E-state index contributed by atoms with van der Waals surface area (Å²) in [5, 5.41) is 0. The predicted molar refractivity (Wildman–Crippen MR) is 109 cm³/mol. The second kappa shape index (κ2) is 8.44. The van der Waals surface area contributed by atoms with Gasteiger partial charge in [-0.05, 0) is 57.6 Å². The minimum absolute atomic E-state index is 0.00532. The van der Waals surface area contributed by atoms with E-state index >= 15 is 0 Å². The number of halogens is 1. The molecule has 0 saturated heterocycles. The van der Waals surface area contributed by atoms with Crippen LogP contribution in [0.5, 0.6) is 5.75 Å². The van der Waals surface area contributed by atoms with E-state index in [1.165, 1.54) is 12.1 Å². The minimum Gasteiger partial charge on any atom is -0.493 e. The van der Waals surface area contributed by atoms with Gasteiger partial charge in [0.25, 0.3) is 10.0 Å². The molecule has 0 unspecified atom stereocenters. The van der Waals surface area contributed by atoms with E-state index in [4.69, 9.17) is 4.74 Å². The number of hydrogen-bond acceptors (Lipinski definition) is 4. The summed E-state index contributed by atoms with van der Waals surface area (Å²) in [4.78, 5) is 12.2. The first-order chi connectivity index (χ1) is 12.5. The Bertz CT molecular complexity index is 916. The number of rotatable bonds is 6. The second-order valence-electron chi connectivity index (χ2n) is 7.18. The third-order valence-electron chi connectivity index (χ3n) is 3.95. The molecule has 0 bridgehead atoms. The molecular formula is C20H24BrNO4S. The van der Waals surface area contributed by atoms with Gasteiger partial charge in [-0.2, -0.15) is 0 Å². The number of nitrogens with one attached hydrogen (secondary N) is 1. The molecule has 0 radical (unpaired) electrons. The maximum Gasteiger partial charge on any atom is 0.264 e. The smallest absolute Gasteiger partial charge is 0.264 e. The fraction of sp³-hybridized carbons (Fsp3) is 0.350. The largest absolute Gasteiger partial charge is 0.493 e. The molecule has 0 atom stereocenters. The summed E-state index contributed by atoms with van der Waals surface area (Å²) >= 11 is 3.28. The van der Waals surface area contributed by atoms with Gasteiger partial charge in [0.1, 0.15) is 5.75 Å². The van der Waals surface area contributed by atoms with Crippen molar-refractivity contribution in [3.8, 4) is 5.75 Å². The van der Waals surface area contributed by atoms with Gasteiger partial charge in [-0.25, -0.2) is 13.1 Å². The molecule has 0 saturated carbocycles. The monoisotopic (exact) mass is 453 g/mol. The highest BCUT2D eigenvalue weighted by molar-refractivity contribution is 9.10.